The molecule has 176 valence electrons. The fraction of sp³-hybridized carbons (Fsp3) is 0.320. The Morgan fingerprint density at radius 2 is 2.03 bits per heavy atom. The summed E-state index contributed by atoms with van der Waals surface area (Å²) in [6, 6.07) is 12.2. The van der Waals surface area contributed by atoms with Crippen LogP contribution in [0.5, 0.6) is 5.75 Å². The summed E-state index contributed by atoms with van der Waals surface area (Å²) in [5.41, 5.74) is 2.61. The molecule has 1 aromatic heterocycles. The SMILES string of the molecule is CCCC(=O)NC(=O)C(CN1Cc2ccc(OC)cc2C1=O)c1cc2cc(CN=O)ccc2o1. The largest absolute Gasteiger partial charge is 0.497 e. The summed E-state index contributed by atoms with van der Waals surface area (Å²) in [5, 5.41) is 6.04. The summed E-state index contributed by atoms with van der Waals surface area (Å²) in [7, 11) is 1.53. The zero-order valence-electron chi connectivity index (χ0n) is 19.0. The van der Waals surface area contributed by atoms with Crippen molar-refractivity contribution >= 4 is 28.7 Å². The zero-order valence-corrected chi connectivity index (χ0v) is 19.0. The molecule has 4 rings (SSSR count). The molecule has 9 heteroatoms. The molecule has 0 radical (unpaired) electrons. The van der Waals surface area contributed by atoms with Crippen LogP contribution in [0.1, 0.15) is 52.9 Å². The summed E-state index contributed by atoms with van der Waals surface area (Å²) >= 11 is 0. The molecular weight excluding hydrogens is 438 g/mol. The molecule has 2 heterocycles. The van der Waals surface area contributed by atoms with Gasteiger partial charge in [0.2, 0.25) is 11.8 Å². The summed E-state index contributed by atoms with van der Waals surface area (Å²) in [4.78, 5) is 50.5. The van der Waals surface area contributed by atoms with Gasteiger partial charge < -0.3 is 14.1 Å². The second-order valence-corrected chi connectivity index (χ2v) is 8.23. The molecule has 0 bridgehead atoms. The van der Waals surface area contributed by atoms with E-state index in [1.807, 2.05) is 13.0 Å². The summed E-state index contributed by atoms with van der Waals surface area (Å²) in [6.45, 7) is 2.24. The molecule has 0 spiro atoms. The molecule has 1 N–H and O–H groups in total. The third-order valence-corrected chi connectivity index (χ3v) is 5.85. The molecule has 1 unspecified atom stereocenters. The highest BCUT2D eigenvalue weighted by Gasteiger charge is 2.34. The van der Waals surface area contributed by atoms with Crippen molar-refractivity contribution in [3.8, 4) is 5.75 Å². The number of carbonyl (C=O) groups excluding carboxylic acids is 3. The van der Waals surface area contributed by atoms with Gasteiger partial charge in [-0.1, -0.05) is 24.2 Å². The number of rotatable bonds is 9. The van der Waals surface area contributed by atoms with Crippen molar-refractivity contribution < 1.29 is 23.5 Å². The number of fused-ring (bicyclic) bond motifs is 2. The quantitative estimate of drug-likeness (QED) is 0.481. The van der Waals surface area contributed by atoms with Gasteiger partial charge in [0, 0.05) is 30.5 Å². The Morgan fingerprint density at radius 3 is 2.76 bits per heavy atom. The van der Waals surface area contributed by atoms with Crippen LogP contribution in [0.15, 0.2) is 52.1 Å². The third kappa shape index (κ3) is 4.68. The van der Waals surface area contributed by atoms with Gasteiger partial charge in [-0.3, -0.25) is 19.7 Å². The highest BCUT2D eigenvalue weighted by molar-refractivity contribution is 6.01. The number of methoxy groups -OCH3 is 1. The van der Waals surface area contributed by atoms with Crippen LogP contribution in [0.3, 0.4) is 0 Å². The van der Waals surface area contributed by atoms with E-state index in [0.29, 0.717) is 46.6 Å². The van der Waals surface area contributed by atoms with Crippen molar-refractivity contribution in [1.82, 2.24) is 10.2 Å². The molecule has 1 aliphatic heterocycles. The molecule has 1 atom stereocenters. The molecule has 0 saturated carbocycles. The Hall–Kier alpha value is -4.01. The van der Waals surface area contributed by atoms with E-state index in [9.17, 15) is 19.3 Å². The Balaban J connectivity index is 1.64. The molecule has 3 amide bonds. The van der Waals surface area contributed by atoms with E-state index < -0.39 is 11.8 Å². The summed E-state index contributed by atoms with van der Waals surface area (Å²) < 4.78 is 11.2. The minimum Gasteiger partial charge on any atom is -0.497 e. The monoisotopic (exact) mass is 463 g/mol. The van der Waals surface area contributed by atoms with Gasteiger partial charge in [-0.25, -0.2) is 0 Å². The van der Waals surface area contributed by atoms with Crippen LogP contribution in [-0.2, 0) is 22.7 Å². The van der Waals surface area contributed by atoms with Crippen molar-refractivity contribution in [3.05, 3.63) is 69.8 Å². The average molecular weight is 463 g/mol. The lowest BCUT2D eigenvalue weighted by molar-refractivity contribution is -0.131. The van der Waals surface area contributed by atoms with Crippen molar-refractivity contribution in [2.45, 2.75) is 38.8 Å². The number of benzene rings is 2. The number of imide groups is 1. The molecule has 0 saturated heterocycles. The minimum atomic E-state index is -0.902. The first-order chi connectivity index (χ1) is 16.4. The Morgan fingerprint density at radius 1 is 1.21 bits per heavy atom. The summed E-state index contributed by atoms with van der Waals surface area (Å²) in [6.07, 6.45) is 0.818. The minimum absolute atomic E-state index is 0.0237. The van der Waals surface area contributed by atoms with Gasteiger partial charge in [0.1, 0.15) is 29.6 Å². The number of nitrogens with zero attached hydrogens (tertiary/aromatic N) is 2. The second kappa shape index (κ2) is 9.86. The van der Waals surface area contributed by atoms with E-state index in [-0.39, 0.29) is 31.3 Å². The van der Waals surface area contributed by atoms with Crippen molar-refractivity contribution in [2.24, 2.45) is 5.18 Å². The number of furan rings is 1. The standard InChI is InChI=1S/C25H25N3O6/c1-3-4-23(29)27-24(30)20(22-10-17-9-15(12-26-32)5-8-21(17)34-22)14-28-13-16-6-7-18(33-2)11-19(16)25(28)31/h5-11,20H,3-4,12-14H2,1-2H3,(H,27,29,30). The first-order valence-electron chi connectivity index (χ1n) is 11.0. The lowest BCUT2D eigenvalue weighted by atomic mass is 10.0. The number of carbonyl (C=O) groups is 3. The van der Waals surface area contributed by atoms with Gasteiger partial charge in [0.05, 0.1) is 7.11 Å². The third-order valence-electron chi connectivity index (χ3n) is 5.85. The molecule has 9 nitrogen and oxygen atoms in total. The van der Waals surface area contributed by atoms with E-state index in [1.54, 1.807) is 41.3 Å². The van der Waals surface area contributed by atoms with Crippen molar-refractivity contribution in [3.63, 3.8) is 0 Å². The molecule has 34 heavy (non-hydrogen) atoms. The number of nitrogens with one attached hydrogen (secondary N) is 1. The molecule has 1 aliphatic rings. The Bertz CT molecular complexity index is 1260. The van der Waals surface area contributed by atoms with Gasteiger partial charge in [0.25, 0.3) is 5.91 Å². The van der Waals surface area contributed by atoms with Crippen LogP contribution in [0.4, 0.5) is 0 Å². The highest BCUT2D eigenvalue weighted by atomic mass is 16.5. The molecule has 0 fully saturated rings. The van der Waals surface area contributed by atoms with Crippen LogP contribution in [0.2, 0.25) is 0 Å². The predicted octanol–water partition coefficient (Wildman–Crippen LogP) is 3.89. The van der Waals surface area contributed by atoms with E-state index >= 15 is 0 Å². The Kier molecular flexibility index (Phi) is 6.72. The number of hydrogen-bond acceptors (Lipinski definition) is 7. The topological polar surface area (TPSA) is 118 Å². The van der Waals surface area contributed by atoms with E-state index in [4.69, 9.17) is 9.15 Å². The van der Waals surface area contributed by atoms with Gasteiger partial charge in [-0.05, 0) is 47.9 Å². The first-order valence-corrected chi connectivity index (χ1v) is 11.0. The Labute approximate surface area is 196 Å². The van der Waals surface area contributed by atoms with Crippen molar-refractivity contribution in [1.29, 1.82) is 0 Å². The van der Waals surface area contributed by atoms with Crippen LogP contribution in [0.25, 0.3) is 11.0 Å². The fourth-order valence-corrected chi connectivity index (χ4v) is 4.11. The van der Waals surface area contributed by atoms with Gasteiger partial charge >= 0.3 is 0 Å². The first kappa shape index (κ1) is 23.2. The lowest BCUT2D eigenvalue weighted by Gasteiger charge is -2.21. The zero-order chi connectivity index (χ0) is 24.2. The van der Waals surface area contributed by atoms with Crippen LogP contribution in [0, 0.1) is 4.91 Å². The number of nitroso groups, excluding NO2 is 1. The number of ether oxygens (including phenoxy) is 1. The smallest absolute Gasteiger partial charge is 0.254 e. The van der Waals surface area contributed by atoms with E-state index in [1.165, 1.54) is 7.11 Å². The predicted molar refractivity (Wildman–Crippen MR) is 124 cm³/mol. The van der Waals surface area contributed by atoms with E-state index in [0.717, 1.165) is 5.56 Å². The van der Waals surface area contributed by atoms with Gasteiger partial charge in [-0.2, -0.15) is 4.91 Å². The highest BCUT2D eigenvalue weighted by Crippen LogP contribution is 2.31. The second-order valence-electron chi connectivity index (χ2n) is 8.23. The maximum atomic E-state index is 13.1. The van der Waals surface area contributed by atoms with Crippen LogP contribution < -0.4 is 10.1 Å². The molecule has 2 aromatic carbocycles. The number of hydrogen-bond donors (Lipinski definition) is 1. The molecular formula is C25H25N3O6. The normalized spacial score (nSPS) is 13.6. The van der Waals surface area contributed by atoms with Gasteiger partial charge in [0.15, 0.2) is 0 Å². The van der Waals surface area contributed by atoms with Gasteiger partial charge in [-0.15, -0.1) is 0 Å². The average Bonchev–Trinajstić information content (AvgIpc) is 3.37. The van der Waals surface area contributed by atoms with Crippen molar-refractivity contribution in [2.75, 3.05) is 13.7 Å². The lowest BCUT2D eigenvalue weighted by Crippen LogP contribution is -2.40. The maximum Gasteiger partial charge on any atom is 0.254 e. The molecule has 0 aliphatic carbocycles. The number of amides is 3. The van der Waals surface area contributed by atoms with E-state index in [2.05, 4.69) is 10.5 Å². The van der Waals surface area contributed by atoms with Crippen LogP contribution >= 0.6 is 0 Å². The van der Waals surface area contributed by atoms with Crippen LogP contribution in [-0.4, -0.2) is 36.3 Å². The summed E-state index contributed by atoms with van der Waals surface area (Å²) in [5.74, 6) is -1.13. The maximum absolute atomic E-state index is 13.1. The fourth-order valence-electron chi connectivity index (χ4n) is 4.11. The molecule has 3 aromatic rings.